The number of rotatable bonds is 4. The van der Waals surface area contributed by atoms with Crippen LogP contribution in [0.1, 0.15) is 41.7 Å². The lowest BCUT2D eigenvalue weighted by Crippen LogP contribution is -2.38. The van der Waals surface area contributed by atoms with Crippen LogP contribution in [0.3, 0.4) is 0 Å². The van der Waals surface area contributed by atoms with Crippen LogP contribution in [0.25, 0.3) is 0 Å². The van der Waals surface area contributed by atoms with E-state index in [1.807, 2.05) is 23.2 Å². The number of amides is 1. The van der Waals surface area contributed by atoms with Gasteiger partial charge >= 0.3 is 0 Å². The molecule has 1 saturated heterocycles. The molecule has 0 spiro atoms. The van der Waals surface area contributed by atoms with E-state index >= 15 is 0 Å². The van der Waals surface area contributed by atoms with Crippen molar-refractivity contribution in [3.05, 3.63) is 64.3 Å². The fourth-order valence-corrected chi connectivity index (χ4v) is 4.77. The van der Waals surface area contributed by atoms with E-state index in [9.17, 15) is 9.59 Å². The van der Waals surface area contributed by atoms with E-state index in [0.717, 1.165) is 38.3 Å². The summed E-state index contributed by atoms with van der Waals surface area (Å²) in [5.74, 6) is 0.365. The minimum atomic E-state index is -0.0992. The molecule has 1 aliphatic carbocycles. The van der Waals surface area contributed by atoms with Crippen LogP contribution in [0.5, 0.6) is 0 Å². The normalized spacial score (nSPS) is 21.3. The summed E-state index contributed by atoms with van der Waals surface area (Å²) in [7, 11) is 1.69. The maximum atomic E-state index is 13.2. The molecular formula is C23H30N4O2. The fraction of sp³-hybridized carbons (Fsp3) is 0.522. The number of carbonyl (C=O) groups excluding carboxylic acids is 1. The van der Waals surface area contributed by atoms with Gasteiger partial charge in [0.15, 0.2) is 0 Å². The molecule has 2 fully saturated rings. The smallest absolute Gasteiger partial charge is 0.255 e. The highest BCUT2D eigenvalue weighted by Gasteiger charge is 2.31. The molecule has 0 radical (unpaired) electrons. The second kappa shape index (κ2) is 8.91. The molecule has 4 rings (SSSR count). The third kappa shape index (κ3) is 4.75. The van der Waals surface area contributed by atoms with Gasteiger partial charge in [-0.15, -0.1) is 0 Å². The third-order valence-electron chi connectivity index (χ3n) is 6.31. The first-order valence-electron chi connectivity index (χ1n) is 10.7. The van der Waals surface area contributed by atoms with Crippen molar-refractivity contribution in [2.75, 3.05) is 26.2 Å². The highest BCUT2D eigenvalue weighted by atomic mass is 16.2. The molecule has 6 nitrogen and oxygen atoms in total. The lowest BCUT2D eigenvalue weighted by Gasteiger charge is -2.29. The summed E-state index contributed by atoms with van der Waals surface area (Å²) in [6.45, 7) is 3.39. The van der Waals surface area contributed by atoms with Gasteiger partial charge < -0.3 is 9.47 Å². The van der Waals surface area contributed by atoms with Crippen molar-refractivity contribution in [3.8, 4) is 0 Å². The zero-order chi connectivity index (χ0) is 20.2. The Kier molecular flexibility index (Phi) is 6.09. The minimum Gasteiger partial charge on any atom is -0.337 e. The summed E-state index contributed by atoms with van der Waals surface area (Å²) in [5.41, 5.74) is 1.57. The van der Waals surface area contributed by atoms with Crippen LogP contribution in [0.15, 0.2) is 47.5 Å². The molecule has 1 amide bonds. The van der Waals surface area contributed by atoms with Crippen molar-refractivity contribution in [3.63, 3.8) is 0 Å². The van der Waals surface area contributed by atoms with Crippen molar-refractivity contribution in [2.24, 2.45) is 13.0 Å². The Labute approximate surface area is 172 Å². The number of hydrogen-bond donors (Lipinski definition) is 0. The van der Waals surface area contributed by atoms with E-state index in [1.54, 1.807) is 19.3 Å². The predicted molar refractivity (Wildman–Crippen MR) is 113 cm³/mol. The van der Waals surface area contributed by atoms with Gasteiger partial charge in [-0.3, -0.25) is 19.5 Å². The fourth-order valence-electron chi connectivity index (χ4n) is 4.77. The molecule has 1 atom stereocenters. The molecule has 0 bridgehead atoms. The standard InChI is InChI=1S/C23H30N4O2/c1-25-17-19(9-10-22(25)28)23(29)27-13-12-26(21-7-2-3-8-21)15-18(16-27)14-20-6-4-5-11-24-20/h4-6,9-11,17-18,21H,2-3,7-8,12-16H2,1H3. The van der Waals surface area contributed by atoms with Gasteiger partial charge in [0.25, 0.3) is 5.91 Å². The molecule has 1 aliphatic heterocycles. The maximum Gasteiger partial charge on any atom is 0.255 e. The molecule has 6 heteroatoms. The van der Waals surface area contributed by atoms with Crippen LogP contribution < -0.4 is 5.56 Å². The average molecular weight is 395 g/mol. The van der Waals surface area contributed by atoms with Crippen LogP contribution in [0.2, 0.25) is 0 Å². The summed E-state index contributed by atoms with van der Waals surface area (Å²) in [6, 6.07) is 9.82. The summed E-state index contributed by atoms with van der Waals surface area (Å²) in [6.07, 6.45) is 9.53. The second-order valence-corrected chi connectivity index (χ2v) is 8.44. The molecule has 1 saturated carbocycles. The minimum absolute atomic E-state index is 0.0138. The highest BCUT2D eigenvalue weighted by Crippen LogP contribution is 2.26. The Bertz CT molecular complexity index is 889. The molecule has 2 aromatic heterocycles. The Morgan fingerprint density at radius 1 is 1.10 bits per heavy atom. The van der Waals surface area contributed by atoms with Crippen LogP contribution >= 0.6 is 0 Å². The largest absolute Gasteiger partial charge is 0.337 e. The zero-order valence-electron chi connectivity index (χ0n) is 17.2. The van der Waals surface area contributed by atoms with E-state index in [0.29, 0.717) is 17.5 Å². The number of hydrogen-bond acceptors (Lipinski definition) is 4. The maximum absolute atomic E-state index is 13.2. The van der Waals surface area contributed by atoms with E-state index in [2.05, 4.69) is 16.0 Å². The Hall–Kier alpha value is -2.47. The van der Waals surface area contributed by atoms with Gasteiger partial charge in [0.2, 0.25) is 5.56 Å². The second-order valence-electron chi connectivity index (χ2n) is 8.44. The molecule has 0 N–H and O–H groups in total. The number of aryl methyl sites for hydroxylation is 1. The Morgan fingerprint density at radius 2 is 1.93 bits per heavy atom. The number of carbonyl (C=O) groups is 1. The van der Waals surface area contributed by atoms with Gasteiger partial charge in [-0.25, -0.2) is 0 Å². The zero-order valence-corrected chi connectivity index (χ0v) is 17.2. The van der Waals surface area contributed by atoms with Crippen LogP contribution in [-0.4, -0.2) is 57.5 Å². The molecule has 29 heavy (non-hydrogen) atoms. The monoisotopic (exact) mass is 394 g/mol. The first-order chi connectivity index (χ1) is 14.1. The topological polar surface area (TPSA) is 58.4 Å². The highest BCUT2D eigenvalue weighted by molar-refractivity contribution is 5.94. The van der Waals surface area contributed by atoms with Crippen molar-refractivity contribution in [1.82, 2.24) is 19.4 Å². The molecule has 2 aromatic rings. The van der Waals surface area contributed by atoms with Gasteiger partial charge in [0, 0.05) is 63.4 Å². The molecule has 2 aliphatic rings. The SMILES string of the molecule is Cn1cc(C(=O)N2CCN(C3CCCC3)CC(Cc3ccccn3)C2)ccc1=O. The molecule has 154 valence electrons. The predicted octanol–water partition coefficient (Wildman–Crippen LogP) is 2.34. The summed E-state index contributed by atoms with van der Waals surface area (Å²) in [5, 5.41) is 0. The molecular weight excluding hydrogens is 364 g/mol. The van der Waals surface area contributed by atoms with E-state index in [4.69, 9.17) is 0 Å². The molecule has 1 unspecified atom stereocenters. The van der Waals surface area contributed by atoms with Crippen molar-refractivity contribution < 1.29 is 4.79 Å². The van der Waals surface area contributed by atoms with Gasteiger partial charge in [-0.1, -0.05) is 18.9 Å². The van der Waals surface area contributed by atoms with Gasteiger partial charge in [-0.2, -0.15) is 0 Å². The summed E-state index contributed by atoms with van der Waals surface area (Å²) < 4.78 is 1.47. The number of aromatic nitrogens is 2. The Morgan fingerprint density at radius 3 is 2.66 bits per heavy atom. The van der Waals surface area contributed by atoms with Crippen molar-refractivity contribution in [1.29, 1.82) is 0 Å². The first kappa shape index (κ1) is 19.8. The molecule has 0 aromatic carbocycles. The van der Waals surface area contributed by atoms with Crippen LogP contribution in [0, 0.1) is 5.92 Å². The summed E-state index contributed by atoms with van der Waals surface area (Å²) in [4.78, 5) is 34.0. The number of nitrogens with zero attached hydrogens (tertiary/aromatic N) is 4. The van der Waals surface area contributed by atoms with Gasteiger partial charge in [-0.05, 0) is 43.4 Å². The average Bonchev–Trinajstić information content (AvgIpc) is 3.19. The van der Waals surface area contributed by atoms with E-state index < -0.39 is 0 Å². The molecule has 3 heterocycles. The third-order valence-corrected chi connectivity index (χ3v) is 6.31. The van der Waals surface area contributed by atoms with Crippen molar-refractivity contribution >= 4 is 5.91 Å². The van der Waals surface area contributed by atoms with Gasteiger partial charge in [0.05, 0.1) is 5.56 Å². The van der Waals surface area contributed by atoms with Crippen molar-refractivity contribution in [2.45, 2.75) is 38.1 Å². The van der Waals surface area contributed by atoms with E-state index in [1.165, 1.54) is 36.3 Å². The summed E-state index contributed by atoms with van der Waals surface area (Å²) >= 11 is 0. The first-order valence-corrected chi connectivity index (χ1v) is 10.7. The van der Waals surface area contributed by atoms with Gasteiger partial charge in [0.1, 0.15) is 0 Å². The van der Waals surface area contributed by atoms with E-state index in [-0.39, 0.29) is 11.5 Å². The van der Waals surface area contributed by atoms with Crippen LogP contribution in [-0.2, 0) is 13.5 Å². The number of pyridine rings is 2. The van der Waals surface area contributed by atoms with Crippen LogP contribution in [0.4, 0.5) is 0 Å². The lowest BCUT2D eigenvalue weighted by atomic mass is 10.0. The quantitative estimate of drug-likeness (QED) is 0.799. The Balaban J connectivity index is 1.54. The lowest BCUT2D eigenvalue weighted by molar-refractivity contribution is 0.0743.